The lowest BCUT2D eigenvalue weighted by Crippen LogP contribution is -2.36. The Balaban J connectivity index is 1.28. The highest BCUT2D eigenvalue weighted by Crippen LogP contribution is 2.24. The second kappa shape index (κ2) is 11.9. The van der Waals surface area contributed by atoms with Crippen molar-refractivity contribution >= 4 is 34.4 Å². The number of hydrogen-bond donors (Lipinski definition) is 3. The van der Waals surface area contributed by atoms with Gasteiger partial charge in [0, 0.05) is 35.3 Å². The third kappa shape index (κ3) is 6.25. The zero-order valence-corrected chi connectivity index (χ0v) is 21.0. The Morgan fingerprint density at radius 2 is 1.45 bits per heavy atom. The molecule has 0 saturated heterocycles. The largest absolute Gasteiger partial charge is 0.490 e. The lowest BCUT2D eigenvalue weighted by molar-refractivity contribution is 0.0925. The SMILES string of the molecule is CCOc1cccc2cc(C(=O)NCCNC(=O)c3ccc(NC(=O)c4ccc(C)cc4)cc3)c(=O)oc12. The fraction of sp³-hybridized carbons (Fsp3) is 0.172. The maximum Gasteiger partial charge on any atom is 0.349 e. The van der Waals surface area contributed by atoms with Crippen molar-refractivity contribution in [1.29, 1.82) is 0 Å². The van der Waals surface area contributed by atoms with E-state index in [9.17, 15) is 19.2 Å². The molecule has 194 valence electrons. The van der Waals surface area contributed by atoms with Gasteiger partial charge in [-0.05, 0) is 62.4 Å². The molecule has 3 amide bonds. The first-order valence-corrected chi connectivity index (χ1v) is 12.1. The van der Waals surface area contributed by atoms with Crippen LogP contribution in [-0.2, 0) is 0 Å². The van der Waals surface area contributed by atoms with Crippen LogP contribution in [0.15, 0.2) is 82.0 Å². The monoisotopic (exact) mass is 513 g/mol. The minimum absolute atomic E-state index is 0.103. The normalized spacial score (nSPS) is 10.6. The number of carbonyl (C=O) groups is 3. The van der Waals surface area contributed by atoms with Crippen LogP contribution in [0.3, 0.4) is 0 Å². The van der Waals surface area contributed by atoms with Crippen molar-refractivity contribution in [2.45, 2.75) is 13.8 Å². The maximum absolute atomic E-state index is 12.5. The van der Waals surface area contributed by atoms with Gasteiger partial charge in [0.2, 0.25) is 0 Å². The Morgan fingerprint density at radius 1 is 0.816 bits per heavy atom. The fourth-order valence-electron chi connectivity index (χ4n) is 3.71. The van der Waals surface area contributed by atoms with Crippen LogP contribution < -0.4 is 26.3 Å². The molecule has 3 N–H and O–H groups in total. The van der Waals surface area contributed by atoms with Crippen LogP contribution in [0.1, 0.15) is 43.6 Å². The van der Waals surface area contributed by atoms with Crippen molar-refractivity contribution in [1.82, 2.24) is 10.6 Å². The lowest BCUT2D eigenvalue weighted by atomic mass is 10.1. The minimum Gasteiger partial charge on any atom is -0.490 e. The molecule has 9 heteroatoms. The summed E-state index contributed by atoms with van der Waals surface area (Å²) in [7, 11) is 0. The summed E-state index contributed by atoms with van der Waals surface area (Å²) < 4.78 is 10.8. The number of para-hydroxylation sites is 1. The molecule has 3 aromatic carbocycles. The summed E-state index contributed by atoms with van der Waals surface area (Å²) in [4.78, 5) is 49.7. The van der Waals surface area contributed by atoms with Gasteiger partial charge in [0.25, 0.3) is 17.7 Å². The molecule has 0 aliphatic carbocycles. The molecule has 0 aliphatic heterocycles. The average Bonchev–Trinajstić information content (AvgIpc) is 2.92. The maximum atomic E-state index is 12.5. The first-order valence-electron chi connectivity index (χ1n) is 12.1. The van der Waals surface area contributed by atoms with E-state index in [0.717, 1.165) is 5.56 Å². The molecule has 9 nitrogen and oxygen atoms in total. The van der Waals surface area contributed by atoms with Gasteiger partial charge >= 0.3 is 5.63 Å². The van der Waals surface area contributed by atoms with Crippen LogP contribution in [0.25, 0.3) is 11.0 Å². The second-order valence-electron chi connectivity index (χ2n) is 8.46. The van der Waals surface area contributed by atoms with E-state index < -0.39 is 11.5 Å². The first-order chi connectivity index (χ1) is 18.4. The Morgan fingerprint density at radius 3 is 2.13 bits per heavy atom. The van der Waals surface area contributed by atoms with Gasteiger partial charge in [-0.3, -0.25) is 14.4 Å². The standard InChI is InChI=1S/C29H27N3O6/c1-3-37-24-6-4-5-21-17-23(29(36)38-25(21)24)28(35)31-16-15-30-26(33)19-11-13-22(14-12-19)32-27(34)20-9-7-18(2)8-10-20/h4-14,17H,3,15-16H2,1-2H3,(H,30,33)(H,31,35)(H,32,34). The fourth-order valence-corrected chi connectivity index (χ4v) is 3.71. The van der Waals surface area contributed by atoms with Gasteiger partial charge in [-0.25, -0.2) is 4.79 Å². The summed E-state index contributed by atoms with van der Waals surface area (Å²) in [5.74, 6) is -0.763. The summed E-state index contributed by atoms with van der Waals surface area (Å²) in [6.07, 6.45) is 0. The Hall–Kier alpha value is -4.92. The van der Waals surface area contributed by atoms with Crippen LogP contribution in [0.5, 0.6) is 5.75 Å². The smallest absolute Gasteiger partial charge is 0.349 e. The number of nitrogens with one attached hydrogen (secondary N) is 3. The molecule has 0 atom stereocenters. The van der Waals surface area contributed by atoms with Crippen LogP contribution in [0, 0.1) is 6.92 Å². The number of ether oxygens (including phenoxy) is 1. The molecule has 0 bridgehead atoms. The average molecular weight is 514 g/mol. The number of aryl methyl sites for hydroxylation is 1. The highest BCUT2D eigenvalue weighted by Gasteiger charge is 2.16. The van der Waals surface area contributed by atoms with Crippen molar-refractivity contribution < 1.29 is 23.5 Å². The molecule has 1 heterocycles. The van der Waals surface area contributed by atoms with Crippen LogP contribution in [0.2, 0.25) is 0 Å². The van der Waals surface area contributed by atoms with Gasteiger partial charge in [-0.2, -0.15) is 0 Å². The molecule has 0 spiro atoms. The number of hydrogen-bond acceptors (Lipinski definition) is 6. The van der Waals surface area contributed by atoms with Crippen LogP contribution >= 0.6 is 0 Å². The van der Waals surface area contributed by atoms with E-state index in [1.165, 1.54) is 6.07 Å². The number of amides is 3. The number of anilines is 1. The zero-order chi connectivity index (χ0) is 27.1. The van der Waals surface area contributed by atoms with Gasteiger partial charge in [0.05, 0.1) is 6.61 Å². The molecule has 0 saturated carbocycles. The quantitative estimate of drug-likeness (QED) is 0.230. The molecule has 0 unspecified atom stereocenters. The molecule has 0 fully saturated rings. The van der Waals surface area contributed by atoms with Gasteiger partial charge < -0.3 is 25.1 Å². The van der Waals surface area contributed by atoms with Gasteiger partial charge in [0.15, 0.2) is 11.3 Å². The number of rotatable bonds is 9. The molecular weight excluding hydrogens is 486 g/mol. The van der Waals surface area contributed by atoms with E-state index in [1.54, 1.807) is 54.6 Å². The minimum atomic E-state index is -0.777. The van der Waals surface area contributed by atoms with E-state index in [2.05, 4.69) is 16.0 Å². The lowest BCUT2D eigenvalue weighted by Gasteiger charge is -2.09. The predicted molar refractivity (Wildman–Crippen MR) is 144 cm³/mol. The molecule has 4 rings (SSSR count). The number of carbonyl (C=O) groups excluding carboxylic acids is 3. The van der Waals surface area contributed by atoms with E-state index >= 15 is 0 Å². The van der Waals surface area contributed by atoms with E-state index in [0.29, 0.717) is 34.6 Å². The van der Waals surface area contributed by atoms with Crippen molar-refractivity contribution in [3.63, 3.8) is 0 Å². The Labute approximate surface area is 218 Å². The Kier molecular flexibility index (Phi) is 8.17. The van der Waals surface area contributed by atoms with Gasteiger partial charge in [-0.1, -0.05) is 29.8 Å². The van der Waals surface area contributed by atoms with E-state index in [1.807, 2.05) is 26.0 Å². The summed E-state index contributed by atoms with van der Waals surface area (Å²) in [5.41, 5.74) is 1.92. The van der Waals surface area contributed by atoms with E-state index in [4.69, 9.17) is 9.15 Å². The van der Waals surface area contributed by atoms with Crippen molar-refractivity contribution in [2.75, 3.05) is 25.0 Å². The van der Waals surface area contributed by atoms with Gasteiger partial charge in [0.1, 0.15) is 5.56 Å². The molecule has 4 aromatic rings. The van der Waals surface area contributed by atoms with Crippen molar-refractivity contribution in [3.8, 4) is 5.75 Å². The predicted octanol–water partition coefficient (Wildman–Crippen LogP) is 3.91. The second-order valence-corrected chi connectivity index (χ2v) is 8.46. The summed E-state index contributed by atoms with van der Waals surface area (Å²) in [6.45, 7) is 4.42. The third-order valence-electron chi connectivity index (χ3n) is 5.68. The zero-order valence-electron chi connectivity index (χ0n) is 21.0. The summed E-state index contributed by atoms with van der Waals surface area (Å²) >= 11 is 0. The summed E-state index contributed by atoms with van der Waals surface area (Å²) in [5, 5.41) is 8.67. The highest BCUT2D eigenvalue weighted by molar-refractivity contribution is 6.04. The third-order valence-corrected chi connectivity index (χ3v) is 5.68. The Bertz CT molecular complexity index is 1530. The first kappa shape index (κ1) is 26.2. The number of fused-ring (bicyclic) bond motifs is 1. The van der Waals surface area contributed by atoms with Crippen molar-refractivity contribution in [2.24, 2.45) is 0 Å². The van der Waals surface area contributed by atoms with Gasteiger partial charge in [-0.15, -0.1) is 0 Å². The van der Waals surface area contributed by atoms with Crippen LogP contribution in [-0.4, -0.2) is 37.4 Å². The van der Waals surface area contributed by atoms with Crippen LogP contribution in [0.4, 0.5) is 5.69 Å². The molecule has 1 aromatic heterocycles. The topological polar surface area (TPSA) is 127 Å². The van der Waals surface area contributed by atoms with Crippen molar-refractivity contribution in [3.05, 3.63) is 105 Å². The van der Waals surface area contributed by atoms with E-state index in [-0.39, 0.29) is 36.1 Å². The molecule has 38 heavy (non-hydrogen) atoms. The number of benzene rings is 3. The molecular formula is C29H27N3O6. The summed E-state index contributed by atoms with van der Waals surface area (Å²) in [6, 6.07) is 20.3. The molecule has 0 radical (unpaired) electrons. The highest BCUT2D eigenvalue weighted by atomic mass is 16.5. The molecule has 0 aliphatic rings.